The van der Waals surface area contributed by atoms with Crippen molar-refractivity contribution in [3.8, 4) is 0 Å². The summed E-state index contributed by atoms with van der Waals surface area (Å²) in [5, 5.41) is 0. The van der Waals surface area contributed by atoms with Crippen LogP contribution in [0.25, 0.3) is 0 Å². The van der Waals surface area contributed by atoms with Crippen LogP contribution in [0.5, 0.6) is 0 Å². The minimum Gasteiger partial charge on any atom is -0.403 e. The molecule has 0 radical (unpaired) electrons. The molecule has 0 aliphatic carbocycles. The number of rotatable bonds is 5. The highest BCUT2D eigenvalue weighted by Gasteiger charge is 2.62. The van der Waals surface area contributed by atoms with Gasteiger partial charge in [-0.05, 0) is 34.1 Å². The maximum Gasteiger partial charge on any atom is 0.463 e. The standard InChI is InChI=1S/C16H29BO5/c1-15(2)16(3,4)22-17(21-15)12-7-13-10(8-18-5)11(9-19-6)14(12)20-13/h10-14H,7-9H2,1-6H3/t10-,11+,12-,13+,14+/m0/s1. The van der Waals surface area contributed by atoms with Crippen LogP contribution in [0, 0.1) is 11.8 Å². The number of hydrogen-bond acceptors (Lipinski definition) is 5. The van der Waals surface area contributed by atoms with E-state index in [4.69, 9.17) is 23.5 Å². The monoisotopic (exact) mass is 312 g/mol. The highest BCUT2D eigenvalue weighted by atomic mass is 16.7. The molecule has 3 saturated heterocycles. The van der Waals surface area contributed by atoms with E-state index < -0.39 is 0 Å². The van der Waals surface area contributed by atoms with Crippen LogP contribution in [-0.4, -0.2) is 58.0 Å². The average Bonchev–Trinajstić information content (AvgIpc) is 3.03. The molecule has 0 saturated carbocycles. The minimum absolute atomic E-state index is 0.139. The average molecular weight is 312 g/mol. The van der Waals surface area contributed by atoms with E-state index in [2.05, 4.69) is 27.7 Å². The molecule has 0 unspecified atom stereocenters. The first-order valence-corrected chi connectivity index (χ1v) is 8.29. The fourth-order valence-corrected chi connectivity index (χ4v) is 4.14. The van der Waals surface area contributed by atoms with Crippen LogP contribution in [0.2, 0.25) is 5.82 Å². The maximum absolute atomic E-state index is 6.25. The highest BCUT2D eigenvalue weighted by molar-refractivity contribution is 6.47. The lowest BCUT2D eigenvalue weighted by Crippen LogP contribution is -2.42. The van der Waals surface area contributed by atoms with Crippen molar-refractivity contribution in [1.29, 1.82) is 0 Å². The van der Waals surface area contributed by atoms with Gasteiger partial charge in [0.1, 0.15) is 0 Å². The summed E-state index contributed by atoms with van der Waals surface area (Å²) in [6.07, 6.45) is 1.35. The number of methoxy groups -OCH3 is 2. The van der Waals surface area contributed by atoms with Crippen LogP contribution in [-0.2, 0) is 23.5 Å². The van der Waals surface area contributed by atoms with Crippen molar-refractivity contribution in [1.82, 2.24) is 0 Å². The largest absolute Gasteiger partial charge is 0.463 e. The van der Waals surface area contributed by atoms with Gasteiger partial charge in [0.05, 0.1) is 36.6 Å². The molecule has 0 aromatic rings. The number of ether oxygens (including phenoxy) is 3. The maximum atomic E-state index is 6.25. The Labute approximate surface area is 134 Å². The third-order valence-corrected chi connectivity index (χ3v) is 6.05. The van der Waals surface area contributed by atoms with Gasteiger partial charge in [-0.15, -0.1) is 0 Å². The molecular formula is C16H29BO5. The normalized spacial score (nSPS) is 42.3. The summed E-state index contributed by atoms with van der Waals surface area (Å²) in [6, 6.07) is 0. The molecule has 5 atom stereocenters. The molecule has 0 N–H and O–H groups in total. The molecule has 2 bridgehead atoms. The minimum atomic E-state index is -0.289. The van der Waals surface area contributed by atoms with E-state index in [1.54, 1.807) is 14.2 Å². The first-order chi connectivity index (χ1) is 10.3. The second kappa shape index (κ2) is 5.74. The third kappa shape index (κ3) is 2.53. The predicted molar refractivity (Wildman–Crippen MR) is 83.8 cm³/mol. The quantitative estimate of drug-likeness (QED) is 0.728. The van der Waals surface area contributed by atoms with E-state index in [1.165, 1.54) is 0 Å². The number of fused-ring (bicyclic) bond motifs is 2. The summed E-state index contributed by atoms with van der Waals surface area (Å²) >= 11 is 0. The van der Waals surface area contributed by atoms with Crippen molar-refractivity contribution in [2.45, 2.75) is 63.3 Å². The fraction of sp³-hybridized carbons (Fsp3) is 1.00. The van der Waals surface area contributed by atoms with E-state index in [0.29, 0.717) is 18.4 Å². The SMILES string of the molecule is COC[C@@H]1[C@H](COC)[C@H]2C[C@H](B3OC(C)(C)C(C)(C)O3)[C@@H]1O2. The third-order valence-electron chi connectivity index (χ3n) is 6.05. The van der Waals surface area contributed by atoms with Crippen molar-refractivity contribution in [2.75, 3.05) is 27.4 Å². The Kier molecular flexibility index (Phi) is 4.36. The van der Waals surface area contributed by atoms with E-state index >= 15 is 0 Å². The van der Waals surface area contributed by atoms with Crippen molar-refractivity contribution < 1.29 is 23.5 Å². The van der Waals surface area contributed by atoms with Gasteiger partial charge in [0.2, 0.25) is 0 Å². The smallest absolute Gasteiger partial charge is 0.403 e. The summed E-state index contributed by atoms with van der Waals surface area (Å²) in [6.45, 7) is 9.82. The van der Waals surface area contributed by atoms with E-state index in [-0.39, 0.29) is 36.3 Å². The van der Waals surface area contributed by atoms with Crippen LogP contribution in [0.3, 0.4) is 0 Å². The molecular weight excluding hydrogens is 283 g/mol. The first-order valence-electron chi connectivity index (χ1n) is 8.29. The van der Waals surface area contributed by atoms with Gasteiger partial charge in [-0.2, -0.15) is 0 Å². The van der Waals surface area contributed by atoms with E-state index in [1.807, 2.05) is 0 Å². The second-order valence-electron chi connectivity index (χ2n) is 7.90. The first kappa shape index (κ1) is 16.7. The Morgan fingerprint density at radius 3 is 2.05 bits per heavy atom. The Morgan fingerprint density at radius 2 is 1.50 bits per heavy atom. The van der Waals surface area contributed by atoms with E-state index in [9.17, 15) is 0 Å². The molecule has 0 spiro atoms. The Morgan fingerprint density at radius 1 is 0.955 bits per heavy atom. The molecule has 0 amide bonds. The molecule has 3 fully saturated rings. The van der Waals surface area contributed by atoms with Gasteiger partial charge < -0.3 is 23.5 Å². The van der Waals surface area contributed by atoms with Gasteiger partial charge in [0.25, 0.3) is 0 Å². The van der Waals surface area contributed by atoms with Gasteiger partial charge in [0.15, 0.2) is 0 Å². The zero-order chi connectivity index (χ0) is 16.1. The van der Waals surface area contributed by atoms with Gasteiger partial charge >= 0.3 is 7.12 Å². The molecule has 3 heterocycles. The van der Waals surface area contributed by atoms with Crippen molar-refractivity contribution in [3.63, 3.8) is 0 Å². The number of hydrogen-bond donors (Lipinski definition) is 0. The van der Waals surface area contributed by atoms with Crippen LogP contribution in [0.4, 0.5) is 0 Å². The van der Waals surface area contributed by atoms with Crippen molar-refractivity contribution in [3.05, 3.63) is 0 Å². The lowest BCUT2D eigenvalue weighted by Gasteiger charge is -2.32. The summed E-state index contributed by atoms with van der Waals surface area (Å²) in [5.41, 5.74) is -0.579. The van der Waals surface area contributed by atoms with Crippen molar-refractivity contribution in [2.24, 2.45) is 11.8 Å². The molecule has 3 rings (SSSR count). The van der Waals surface area contributed by atoms with Gasteiger partial charge in [-0.1, -0.05) is 0 Å². The highest BCUT2D eigenvalue weighted by Crippen LogP contribution is 2.54. The summed E-state index contributed by atoms with van der Waals surface area (Å²) in [4.78, 5) is 0. The lowest BCUT2D eigenvalue weighted by atomic mass is 9.59. The van der Waals surface area contributed by atoms with Crippen LogP contribution in [0.1, 0.15) is 34.1 Å². The molecule has 6 heteroatoms. The summed E-state index contributed by atoms with van der Waals surface area (Å²) in [7, 11) is 3.31. The lowest BCUT2D eigenvalue weighted by molar-refractivity contribution is 0.00578. The molecule has 5 nitrogen and oxygen atoms in total. The van der Waals surface area contributed by atoms with Crippen LogP contribution in [0.15, 0.2) is 0 Å². The molecule has 3 aliphatic heterocycles. The van der Waals surface area contributed by atoms with Gasteiger partial charge in [0, 0.05) is 31.9 Å². The fourth-order valence-electron chi connectivity index (χ4n) is 4.14. The molecule has 0 aromatic heterocycles. The van der Waals surface area contributed by atoms with Crippen LogP contribution >= 0.6 is 0 Å². The Bertz CT molecular complexity index is 397. The van der Waals surface area contributed by atoms with Gasteiger partial charge in [-0.25, -0.2) is 0 Å². The Balaban J connectivity index is 1.73. The zero-order valence-electron chi connectivity index (χ0n) is 14.6. The van der Waals surface area contributed by atoms with E-state index in [0.717, 1.165) is 13.0 Å². The Hall–Kier alpha value is -0.135. The van der Waals surface area contributed by atoms with Crippen molar-refractivity contribution >= 4 is 7.12 Å². The second-order valence-corrected chi connectivity index (χ2v) is 7.90. The predicted octanol–water partition coefficient (Wildman–Crippen LogP) is 2.15. The molecule has 126 valence electrons. The summed E-state index contributed by atoms with van der Waals surface area (Å²) < 4.78 is 29.6. The summed E-state index contributed by atoms with van der Waals surface area (Å²) in [5.74, 6) is 1.04. The molecule has 22 heavy (non-hydrogen) atoms. The van der Waals surface area contributed by atoms with Crippen LogP contribution < -0.4 is 0 Å². The molecule has 0 aromatic carbocycles. The topological polar surface area (TPSA) is 46.2 Å². The zero-order valence-corrected chi connectivity index (χ0v) is 14.6. The van der Waals surface area contributed by atoms with Gasteiger partial charge in [-0.3, -0.25) is 0 Å². The molecule has 3 aliphatic rings.